The second-order valence-corrected chi connectivity index (χ2v) is 3.25. The fraction of sp³-hybridized carbons (Fsp3) is 0.222. The van der Waals surface area contributed by atoms with Gasteiger partial charge in [0.05, 0.1) is 15.6 Å². The highest BCUT2D eigenvalue weighted by molar-refractivity contribution is 6.43. The van der Waals surface area contributed by atoms with Gasteiger partial charge in [0.2, 0.25) is 0 Å². The number of nitrogens with one attached hydrogen (secondary N) is 1. The van der Waals surface area contributed by atoms with Crippen LogP contribution in [-0.2, 0) is 0 Å². The molecule has 0 saturated carbocycles. The van der Waals surface area contributed by atoms with Crippen molar-refractivity contribution in [2.24, 2.45) is 0 Å². The summed E-state index contributed by atoms with van der Waals surface area (Å²) in [4.78, 5) is 11.4. The molecule has 0 heterocycles. The molecule has 0 radical (unpaired) electrons. The molecule has 0 aliphatic carbocycles. The monoisotopic (exact) mass is 217 g/mol. The third-order valence-corrected chi connectivity index (χ3v) is 2.35. The topological polar surface area (TPSA) is 29.1 Å². The van der Waals surface area contributed by atoms with E-state index >= 15 is 0 Å². The minimum absolute atomic E-state index is 0.199. The van der Waals surface area contributed by atoms with E-state index in [9.17, 15) is 4.79 Å². The Kier molecular flexibility index (Phi) is 3.58. The van der Waals surface area contributed by atoms with E-state index in [1.165, 1.54) is 0 Å². The van der Waals surface area contributed by atoms with Crippen LogP contribution < -0.4 is 5.32 Å². The Bertz CT molecular complexity index is 325. The Balaban J connectivity index is 3.01. The first-order valence-corrected chi connectivity index (χ1v) is 4.64. The lowest BCUT2D eigenvalue weighted by atomic mass is 10.2. The van der Waals surface area contributed by atoms with Gasteiger partial charge in [0.15, 0.2) is 0 Å². The van der Waals surface area contributed by atoms with Gasteiger partial charge in [0.1, 0.15) is 0 Å². The molecule has 1 aromatic carbocycles. The SMILES string of the molecule is CCNC(=O)c1cccc(Cl)c1Cl. The van der Waals surface area contributed by atoms with Gasteiger partial charge in [-0.15, -0.1) is 0 Å². The fourth-order valence-electron chi connectivity index (χ4n) is 0.935. The van der Waals surface area contributed by atoms with Crippen LogP contribution in [0.3, 0.4) is 0 Å². The minimum atomic E-state index is -0.199. The molecular weight excluding hydrogens is 209 g/mol. The van der Waals surface area contributed by atoms with Crippen molar-refractivity contribution in [3.8, 4) is 0 Å². The average Bonchev–Trinajstić information content (AvgIpc) is 2.10. The smallest absolute Gasteiger partial charge is 0.252 e. The zero-order valence-electron chi connectivity index (χ0n) is 7.10. The van der Waals surface area contributed by atoms with E-state index in [2.05, 4.69) is 5.32 Å². The third kappa shape index (κ3) is 2.36. The summed E-state index contributed by atoms with van der Waals surface area (Å²) >= 11 is 11.6. The number of hydrogen-bond acceptors (Lipinski definition) is 1. The molecule has 0 spiro atoms. The molecule has 70 valence electrons. The highest BCUT2D eigenvalue weighted by Crippen LogP contribution is 2.25. The largest absolute Gasteiger partial charge is 0.352 e. The number of carbonyl (C=O) groups excluding carboxylic acids is 1. The average molecular weight is 218 g/mol. The summed E-state index contributed by atoms with van der Waals surface area (Å²) in [6, 6.07) is 4.98. The van der Waals surface area contributed by atoms with Crippen molar-refractivity contribution >= 4 is 29.1 Å². The Hall–Kier alpha value is -0.730. The predicted octanol–water partition coefficient (Wildman–Crippen LogP) is 2.74. The molecule has 0 bridgehead atoms. The first-order valence-electron chi connectivity index (χ1n) is 3.89. The lowest BCUT2D eigenvalue weighted by Crippen LogP contribution is -2.22. The van der Waals surface area contributed by atoms with Gasteiger partial charge in [-0.3, -0.25) is 4.79 Å². The molecule has 1 amide bonds. The molecular formula is C9H9Cl2NO. The molecule has 1 N–H and O–H groups in total. The van der Waals surface area contributed by atoms with Gasteiger partial charge < -0.3 is 5.32 Å². The van der Waals surface area contributed by atoms with Gasteiger partial charge in [-0.2, -0.15) is 0 Å². The van der Waals surface area contributed by atoms with Gasteiger partial charge in [-0.1, -0.05) is 29.3 Å². The molecule has 0 aliphatic rings. The summed E-state index contributed by atoms with van der Waals surface area (Å²) in [5.41, 5.74) is 0.413. The normalized spacial score (nSPS) is 9.77. The zero-order valence-corrected chi connectivity index (χ0v) is 8.62. The fourth-order valence-corrected chi connectivity index (χ4v) is 1.32. The second kappa shape index (κ2) is 4.49. The lowest BCUT2D eigenvalue weighted by Gasteiger charge is -2.04. The van der Waals surface area contributed by atoms with Crippen LogP contribution in [0.5, 0.6) is 0 Å². The molecule has 13 heavy (non-hydrogen) atoms. The molecule has 0 aromatic heterocycles. The van der Waals surface area contributed by atoms with Gasteiger partial charge in [-0.25, -0.2) is 0 Å². The molecule has 0 fully saturated rings. The van der Waals surface area contributed by atoms with E-state index in [1.54, 1.807) is 18.2 Å². The van der Waals surface area contributed by atoms with Crippen LogP contribution in [0.4, 0.5) is 0 Å². The van der Waals surface area contributed by atoms with Gasteiger partial charge in [0, 0.05) is 6.54 Å². The number of halogens is 2. The molecule has 1 aromatic rings. The number of amides is 1. The van der Waals surface area contributed by atoms with Crippen molar-refractivity contribution in [2.75, 3.05) is 6.54 Å². The quantitative estimate of drug-likeness (QED) is 0.812. The van der Waals surface area contributed by atoms with Crippen molar-refractivity contribution in [1.29, 1.82) is 0 Å². The molecule has 0 atom stereocenters. The number of rotatable bonds is 2. The van der Waals surface area contributed by atoms with E-state index in [4.69, 9.17) is 23.2 Å². The molecule has 0 saturated heterocycles. The Morgan fingerprint density at radius 3 is 2.77 bits per heavy atom. The van der Waals surface area contributed by atoms with Gasteiger partial charge >= 0.3 is 0 Å². The Morgan fingerprint density at radius 1 is 1.46 bits per heavy atom. The first-order chi connectivity index (χ1) is 6.16. The maximum atomic E-state index is 11.4. The van der Waals surface area contributed by atoms with E-state index in [-0.39, 0.29) is 5.91 Å². The lowest BCUT2D eigenvalue weighted by molar-refractivity contribution is 0.0956. The van der Waals surface area contributed by atoms with E-state index < -0.39 is 0 Å². The van der Waals surface area contributed by atoms with E-state index in [0.29, 0.717) is 22.2 Å². The van der Waals surface area contributed by atoms with Crippen molar-refractivity contribution in [2.45, 2.75) is 6.92 Å². The summed E-state index contributed by atoms with van der Waals surface area (Å²) in [6.45, 7) is 2.41. The highest BCUT2D eigenvalue weighted by atomic mass is 35.5. The van der Waals surface area contributed by atoms with Crippen molar-refractivity contribution < 1.29 is 4.79 Å². The summed E-state index contributed by atoms with van der Waals surface area (Å²) < 4.78 is 0. The van der Waals surface area contributed by atoms with Crippen molar-refractivity contribution in [1.82, 2.24) is 5.32 Å². The van der Waals surface area contributed by atoms with Crippen LogP contribution in [0, 0.1) is 0 Å². The number of benzene rings is 1. The number of hydrogen-bond donors (Lipinski definition) is 1. The summed E-state index contributed by atoms with van der Waals surface area (Å²) in [6.07, 6.45) is 0. The van der Waals surface area contributed by atoms with Crippen LogP contribution in [-0.4, -0.2) is 12.5 Å². The van der Waals surface area contributed by atoms with Gasteiger partial charge in [-0.05, 0) is 19.1 Å². The molecule has 0 aliphatic heterocycles. The zero-order chi connectivity index (χ0) is 9.84. The van der Waals surface area contributed by atoms with E-state index in [1.807, 2.05) is 6.92 Å². The Morgan fingerprint density at radius 2 is 2.15 bits per heavy atom. The van der Waals surface area contributed by atoms with Crippen LogP contribution in [0.15, 0.2) is 18.2 Å². The standard InChI is InChI=1S/C9H9Cl2NO/c1-2-12-9(13)6-4-3-5-7(10)8(6)11/h3-5H,2H2,1H3,(H,12,13). The summed E-state index contributed by atoms with van der Waals surface area (Å²) in [7, 11) is 0. The van der Waals surface area contributed by atoms with E-state index in [0.717, 1.165) is 0 Å². The highest BCUT2D eigenvalue weighted by Gasteiger charge is 2.10. The molecule has 4 heteroatoms. The Labute approximate surface area is 86.8 Å². The molecule has 1 rings (SSSR count). The predicted molar refractivity (Wildman–Crippen MR) is 54.5 cm³/mol. The maximum Gasteiger partial charge on any atom is 0.252 e. The third-order valence-electron chi connectivity index (χ3n) is 1.53. The molecule has 0 unspecified atom stereocenters. The minimum Gasteiger partial charge on any atom is -0.352 e. The van der Waals surface area contributed by atoms with Crippen LogP contribution >= 0.6 is 23.2 Å². The van der Waals surface area contributed by atoms with Crippen LogP contribution in [0.25, 0.3) is 0 Å². The first kappa shape index (κ1) is 10.4. The van der Waals surface area contributed by atoms with Gasteiger partial charge in [0.25, 0.3) is 5.91 Å². The van der Waals surface area contributed by atoms with Crippen molar-refractivity contribution in [3.05, 3.63) is 33.8 Å². The second-order valence-electron chi connectivity index (χ2n) is 2.46. The van der Waals surface area contributed by atoms with Crippen molar-refractivity contribution in [3.63, 3.8) is 0 Å². The van der Waals surface area contributed by atoms with Crippen LogP contribution in [0.2, 0.25) is 10.0 Å². The summed E-state index contributed by atoms with van der Waals surface area (Å²) in [5.74, 6) is -0.199. The molecule has 2 nitrogen and oxygen atoms in total. The summed E-state index contributed by atoms with van der Waals surface area (Å²) in [5, 5.41) is 3.34. The van der Waals surface area contributed by atoms with Crippen LogP contribution in [0.1, 0.15) is 17.3 Å². The number of carbonyl (C=O) groups is 1. The maximum absolute atomic E-state index is 11.4.